The van der Waals surface area contributed by atoms with Gasteiger partial charge in [0.15, 0.2) is 0 Å². The van der Waals surface area contributed by atoms with Gasteiger partial charge in [-0.3, -0.25) is 4.79 Å². The highest BCUT2D eigenvalue weighted by Crippen LogP contribution is 2.22. The molecule has 22 heavy (non-hydrogen) atoms. The van der Waals surface area contributed by atoms with E-state index in [0.717, 1.165) is 24.9 Å². The highest BCUT2D eigenvalue weighted by Gasteiger charge is 2.27. The molecule has 2 N–H and O–H groups in total. The van der Waals surface area contributed by atoms with Crippen LogP contribution in [0.1, 0.15) is 58.6 Å². The van der Waals surface area contributed by atoms with Gasteiger partial charge >= 0.3 is 0 Å². The Morgan fingerprint density at radius 2 is 1.73 bits per heavy atom. The maximum Gasteiger partial charge on any atom is 0.227 e. The van der Waals surface area contributed by atoms with E-state index in [9.17, 15) is 4.79 Å². The third-order valence-corrected chi connectivity index (χ3v) is 4.02. The molecule has 0 bridgehead atoms. The molecule has 0 heterocycles. The Morgan fingerprint density at radius 3 is 2.23 bits per heavy atom. The van der Waals surface area contributed by atoms with Crippen molar-refractivity contribution in [3.05, 3.63) is 35.9 Å². The highest BCUT2D eigenvalue weighted by molar-refractivity contribution is 5.85. The zero-order valence-corrected chi connectivity index (χ0v) is 15.1. The van der Waals surface area contributed by atoms with Gasteiger partial charge in [0.1, 0.15) is 0 Å². The average molecular weight is 327 g/mol. The lowest BCUT2D eigenvalue weighted by molar-refractivity contribution is -0.137. The average Bonchev–Trinajstić information content (AvgIpc) is 2.50. The van der Waals surface area contributed by atoms with Crippen molar-refractivity contribution < 1.29 is 4.79 Å². The predicted molar refractivity (Wildman–Crippen MR) is 96.2 cm³/mol. The van der Waals surface area contributed by atoms with Crippen molar-refractivity contribution in [3.8, 4) is 0 Å². The molecule has 1 amide bonds. The first-order chi connectivity index (χ1) is 9.99. The standard InChI is InChI=1S/C18H30N2O.ClH/c1-5-6-10-13-20(14(2)3)18(21)15(4)17(19)16-11-8-7-9-12-16;/h7-9,11-12,14-15,17H,5-6,10,13,19H2,1-4H3;1H. The zero-order valence-electron chi connectivity index (χ0n) is 14.3. The van der Waals surface area contributed by atoms with E-state index in [2.05, 4.69) is 20.8 Å². The summed E-state index contributed by atoms with van der Waals surface area (Å²) in [6.07, 6.45) is 3.39. The van der Waals surface area contributed by atoms with E-state index in [-0.39, 0.29) is 36.3 Å². The Hall–Kier alpha value is -1.06. The van der Waals surface area contributed by atoms with E-state index in [1.165, 1.54) is 6.42 Å². The first-order valence-electron chi connectivity index (χ1n) is 8.10. The summed E-state index contributed by atoms with van der Waals surface area (Å²) < 4.78 is 0. The van der Waals surface area contributed by atoms with Gasteiger partial charge in [-0.25, -0.2) is 0 Å². The molecule has 1 aromatic carbocycles. The molecule has 0 saturated heterocycles. The van der Waals surface area contributed by atoms with Crippen LogP contribution in [0, 0.1) is 5.92 Å². The van der Waals surface area contributed by atoms with E-state index in [1.807, 2.05) is 42.2 Å². The summed E-state index contributed by atoms with van der Waals surface area (Å²) in [5.41, 5.74) is 7.31. The van der Waals surface area contributed by atoms with Gasteiger partial charge in [-0.05, 0) is 25.8 Å². The molecule has 3 nitrogen and oxygen atoms in total. The minimum atomic E-state index is -0.244. The molecule has 0 aliphatic heterocycles. The van der Waals surface area contributed by atoms with E-state index < -0.39 is 0 Å². The number of benzene rings is 1. The number of hydrogen-bond donors (Lipinski definition) is 1. The predicted octanol–water partition coefficient (Wildman–Crippen LogP) is 4.17. The molecule has 126 valence electrons. The number of nitrogens with zero attached hydrogens (tertiary/aromatic N) is 1. The number of amides is 1. The van der Waals surface area contributed by atoms with Crippen LogP contribution in [0.15, 0.2) is 30.3 Å². The van der Waals surface area contributed by atoms with Gasteiger partial charge in [0.25, 0.3) is 0 Å². The molecule has 0 aliphatic carbocycles. The van der Waals surface area contributed by atoms with E-state index >= 15 is 0 Å². The summed E-state index contributed by atoms with van der Waals surface area (Å²) in [7, 11) is 0. The maximum atomic E-state index is 12.7. The second kappa shape index (κ2) is 10.6. The topological polar surface area (TPSA) is 46.3 Å². The summed E-state index contributed by atoms with van der Waals surface area (Å²) in [6.45, 7) is 9.09. The first kappa shape index (κ1) is 20.9. The SMILES string of the molecule is CCCCCN(C(=O)C(C)C(N)c1ccccc1)C(C)C.Cl. The second-order valence-electron chi connectivity index (χ2n) is 6.06. The number of carbonyl (C=O) groups excluding carboxylic acids is 1. The smallest absolute Gasteiger partial charge is 0.227 e. The molecule has 0 aromatic heterocycles. The van der Waals surface area contributed by atoms with Gasteiger partial charge in [-0.1, -0.05) is 57.0 Å². The molecule has 0 radical (unpaired) electrons. The van der Waals surface area contributed by atoms with E-state index in [4.69, 9.17) is 5.73 Å². The van der Waals surface area contributed by atoms with Crippen LogP contribution >= 0.6 is 12.4 Å². The normalized spacial score (nSPS) is 13.4. The number of carbonyl (C=O) groups is 1. The summed E-state index contributed by atoms with van der Waals surface area (Å²) in [5, 5.41) is 0. The molecule has 2 atom stereocenters. The molecule has 1 rings (SSSR count). The Kier molecular flexibility index (Phi) is 10.1. The van der Waals surface area contributed by atoms with Crippen LogP contribution < -0.4 is 5.73 Å². The van der Waals surface area contributed by atoms with Gasteiger partial charge in [-0.2, -0.15) is 0 Å². The van der Waals surface area contributed by atoms with Crippen LogP contribution in [-0.4, -0.2) is 23.4 Å². The minimum absolute atomic E-state index is 0. The summed E-state index contributed by atoms with van der Waals surface area (Å²) in [5.74, 6) is -0.0334. The van der Waals surface area contributed by atoms with E-state index in [0.29, 0.717) is 0 Å². The largest absolute Gasteiger partial charge is 0.340 e. The zero-order chi connectivity index (χ0) is 15.8. The minimum Gasteiger partial charge on any atom is -0.340 e. The van der Waals surface area contributed by atoms with Crippen LogP contribution in [0.3, 0.4) is 0 Å². The molecule has 0 saturated carbocycles. The summed E-state index contributed by atoms with van der Waals surface area (Å²) in [6, 6.07) is 9.86. The van der Waals surface area contributed by atoms with Crippen molar-refractivity contribution in [2.45, 2.75) is 59.0 Å². The van der Waals surface area contributed by atoms with E-state index in [1.54, 1.807) is 0 Å². The molecule has 1 aromatic rings. The Labute approximate surface area is 141 Å². The number of rotatable bonds is 8. The molecule has 0 fully saturated rings. The monoisotopic (exact) mass is 326 g/mol. The Balaban J connectivity index is 0.00000441. The molecule has 0 aliphatic rings. The lowest BCUT2D eigenvalue weighted by Crippen LogP contribution is -2.43. The van der Waals surface area contributed by atoms with Crippen LogP contribution in [0.2, 0.25) is 0 Å². The Bertz CT molecular complexity index is 422. The van der Waals surface area contributed by atoms with Crippen LogP contribution in [0.5, 0.6) is 0 Å². The fraction of sp³-hybridized carbons (Fsp3) is 0.611. The van der Waals surface area contributed by atoms with Gasteiger partial charge in [0.05, 0.1) is 5.92 Å². The lowest BCUT2D eigenvalue weighted by atomic mass is 9.93. The molecule has 2 unspecified atom stereocenters. The Morgan fingerprint density at radius 1 is 1.14 bits per heavy atom. The fourth-order valence-electron chi connectivity index (χ4n) is 2.53. The maximum absolute atomic E-state index is 12.7. The number of nitrogens with two attached hydrogens (primary N) is 1. The summed E-state index contributed by atoms with van der Waals surface area (Å²) in [4.78, 5) is 14.7. The van der Waals surface area contributed by atoms with Crippen molar-refractivity contribution in [1.29, 1.82) is 0 Å². The molecule has 4 heteroatoms. The van der Waals surface area contributed by atoms with Crippen LogP contribution in [0.25, 0.3) is 0 Å². The van der Waals surface area contributed by atoms with Crippen molar-refractivity contribution in [2.24, 2.45) is 11.7 Å². The highest BCUT2D eigenvalue weighted by atomic mass is 35.5. The molecular weight excluding hydrogens is 296 g/mol. The van der Waals surface area contributed by atoms with Gasteiger partial charge < -0.3 is 10.6 Å². The lowest BCUT2D eigenvalue weighted by Gasteiger charge is -2.31. The third kappa shape index (κ3) is 5.98. The molecular formula is C18H31ClN2O. The van der Waals surface area contributed by atoms with Crippen LogP contribution in [0.4, 0.5) is 0 Å². The van der Waals surface area contributed by atoms with Gasteiger partial charge in [-0.15, -0.1) is 12.4 Å². The van der Waals surface area contributed by atoms with Crippen LogP contribution in [-0.2, 0) is 4.79 Å². The second-order valence-corrected chi connectivity index (χ2v) is 6.06. The van der Waals surface area contributed by atoms with Crippen molar-refractivity contribution in [2.75, 3.05) is 6.54 Å². The van der Waals surface area contributed by atoms with Gasteiger partial charge in [0, 0.05) is 18.6 Å². The third-order valence-electron chi connectivity index (χ3n) is 4.02. The van der Waals surface area contributed by atoms with Crippen molar-refractivity contribution in [3.63, 3.8) is 0 Å². The number of hydrogen-bond acceptors (Lipinski definition) is 2. The van der Waals surface area contributed by atoms with Crippen molar-refractivity contribution >= 4 is 18.3 Å². The number of unbranched alkanes of at least 4 members (excludes halogenated alkanes) is 2. The van der Waals surface area contributed by atoms with Gasteiger partial charge in [0.2, 0.25) is 5.91 Å². The fourth-order valence-corrected chi connectivity index (χ4v) is 2.53. The quantitative estimate of drug-likeness (QED) is 0.729. The number of halogens is 1. The molecule has 0 spiro atoms. The van der Waals surface area contributed by atoms with Crippen molar-refractivity contribution in [1.82, 2.24) is 4.90 Å². The summed E-state index contributed by atoms with van der Waals surface area (Å²) >= 11 is 0. The first-order valence-corrected chi connectivity index (χ1v) is 8.10.